The average molecular weight is 692 g/mol. The van der Waals surface area contributed by atoms with E-state index in [-0.39, 0.29) is 29.1 Å². The Labute approximate surface area is 289 Å². The number of benzene rings is 4. The molecule has 264 valence electrons. The van der Waals surface area contributed by atoms with Gasteiger partial charge in [-0.05, 0) is 79.7 Å². The normalized spacial score (nSPS) is 13.8. The summed E-state index contributed by atoms with van der Waals surface area (Å²) in [7, 11) is 6.72. The van der Waals surface area contributed by atoms with Crippen molar-refractivity contribution in [2.24, 2.45) is 0 Å². The highest BCUT2D eigenvalue weighted by Gasteiger charge is 2.34. The maximum atomic E-state index is 14.2. The lowest BCUT2D eigenvalue weighted by Gasteiger charge is -2.33. The van der Waals surface area contributed by atoms with Crippen LogP contribution in [0.15, 0.2) is 78.9 Å². The van der Waals surface area contributed by atoms with Crippen molar-refractivity contribution in [1.82, 2.24) is 9.80 Å². The minimum Gasteiger partial charge on any atom is -0.497 e. The SMILES string of the molecule is CNc1cccc(N(C(=O)Oc2cc(C(=O)Nc3ccc(CN4CCN(C)CC4)c(C(F)(F)F)c3)ccc2C)c2ccc(OC)cc2OC)c1. The van der Waals surface area contributed by atoms with Gasteiger partial charge in [-0.3, -0.25) is 9.69 Å². The van der Waals surface area contributed by atoms with E-state index in [9.17, 15) is 22.8 Å². The standard InChI is InChI=1S/C37H40F3N5O5/c1-24-9-10-25(35(46)42-28-12-11-26(31(21-28)37(38,39)40)23-44-17-15-43(3)16-18-44)19-33(24)50-36(47)45(29-8-6-7-27(20-29)41-2)32-14-13-30(48-4)22-34(32)49-5/h6-14,19-22,41H,15-18,23H2,1-5H3,(H,42,46). The van der Waals surface area contributed by atoms with Crippen molar-refractivity contribution in [2.75, 3.05) is 70.0 Å². The largest absolute Gasteiger partial charge is 0.497 e. The number of nitrogens with zero attached hydrogens (tertiary/aromatic N) is 3. The molecule has 0 unspecified atom stereocenters. The van der Waals surface area contributed by atoms with Crippen molar-refractivity contribution >= 4 is 34.7 Å². The molecule has 4 aromatic rings. The molecular formula is C37H40F3N5O5. The molecule has 1 heterocycles. The third-order valence-corrected chi connectivity index (χ3v) is 8.51. The van der Waals surface area contributed by atoms with Crippen molar-refractivity contribution in [2.45, 2.75) is 19.6 Å². The van der Waals surface area contributed by atoms with Crippen molar-refractivity contribution in [1.29, 1.82) is 0 Å². The Morgan fingerprint density at radius 2 is 1.62 bits per heavy atom. The first-order valence-electron chi connectivity index (χ1n) is 15.9. The molecular weight excluding hydrogens is 651 g/mol. The van der Waals surface area contributed by atoms with Crippen LogP contribution in [0, 0.1) is 6.92 Å². The van der Waals surface area contributed by atoms with Crippen LogP contribution in [0.2, 0.25) is 0 Å². The molecule has 0 radical (unpaired) electrons. The van der Waals surface area contributed by atoms with Crippen molar-refractivity contribution < 1.29 is 37.0 Å². The molecule has 0 bridgehead atoms. The van der Waals surface area contributed by atoms with Crippen LogP contribution in [0.25, 0.3) is 0 Å². The number of rotatable bonds is 10. The highest BCUT2D eigenvalue weighted by molar-refractivity contribution is 6.05. The topological polar surface area (TPSA) is 95.6 Å². The van der Waals surface area contributed by atoms with Crippen molar-refractivity contribution in [3.8, 4) is 17.2 Å². The number of halogens is 3. The summed E-state index contributed by atoms with van der Waals surface area (Å²) in [4.78, 5) is 32.8. The molecule has 1 saturated heterocycles. The quantitative estimate of drug-likeness (QED) is 0.178. The van der Waals surface area contributed by atoms with E-state index in [1.54, 1.807) is 56.4 Å². The zero-order chi connectivity index (χ0) is 36.0. The van der Waals surface area contributed by atoms with E-state index >= 15 is 0 Å². The Balaban J connectivity index is 1.40. The number of likely N-dealkylation sites (N-methyl/N-ethyl adjacent to an activating group) is 1. The Morgan fingerprint density at radius 1 is 0.860 bits per heavy atom. The Kier molecular flexibility index (Phi) is 11.2. The van der Waals surface area contributed by atoms with Gasteiger partial charge >= 0.3 is 12.3 Å². The van der Waals surface area contributed by atoms with Gasteiger partial charge in [0.2, 0.25) is 0 Å². The van der Waals surface area contributed by atoms with Gasteiger partial charge in [-0.2, -0.15) is 13.2 Å². The Bertz CT molecular complexity index is 1840. The number of carbonyl (C=O) groups is 2. The van der Waals surface area contributed by atoms with E-state index in [1.807, 2.05) is 18.0 Å². The summed E-state index contributed by atoms with van der Waals surface area (Å²) in [6.07, 6.45) is -5.41. The Morgan fingerprint density at radius 3 is 2.30 bits per heavy atom. The van der Waals surface area contributed by atoms with Gasteiger partial charge in [0.15, 0.2) is 0 Å². The number of piperazine rings is 1. The van der Waals surface area contributed by atoms with Crippen LogP contribution in [0.3, 0.4) is 0 Å². The van der Waals surface area contributed by atoms with Gasteiger partial charge in [0, 0.05) is 62.8 Å². The van der Waals surface area contributed by atoms with Crippen LogP contribution >= 0.6 is 0 Å². The third kappa shape index (κ3) is 8.47. The monoisotopic (exact) mass is 691 g/mol. The summed E-state index contributed by atoms with van der Waals surface area (Å²) in [6.45, 7) is 4.75. The van der Waals surface area contributed by atoms with Crippen LogP contribution in [0.5, 0.6) is 17.2 Å². The molecule has 0 atom stereocenters. The van der Waals surface area contributed by atoms with Gasteiger partial charge in [-0.1, -0.05) is 18.2 Å². The number of nitrogens with one attached hydrogen (secondary N) is 2. The molecule has 0 aliphatic carbocycles. The predicted octanol–water partition coefficient (Wildman–Crippen LogP) is 7.41. The fourth-order valence-electron chi connectivity index (χ4n) is 5.61. The summed E-state index contributed by atoms with van der Waals surface area (Å²) in [5.74, 6) is 0.277. The highest BCUT2D eigenvalue weighted by atomic mass is 19.4. The molecule has 0 aromatic heterocycles. The summed E-state index contributed by atoms with van der Waals surface area (Å²) < 4.78 is 59.3. The molecule has 0 spiro atoms. The van der Waals surface area contributed by atoms with E-state index in [2.05, 4.69) is 15.5 Å². The number of amides is 2. The average Bonchev–Trinajstić information content (AvgIpc) is 3.10. The molecule has 50 heavy (non-hydrogen) atoms. The number of hydrogen-bond acceptors (Lipinski definition) is 8. The molecule has 2 amide bonds. The predicted molar refractivity (Wildman–Crippen MR) is 187 cm³/mol. The van der Waals surface area contributed by atoms with Gasteiger partial charge in [0.1, 0.15) is 17.2 Å². The van der Waals surface area contributed by atoms with Gasteiger partial charge in [-0.25, -0.2) is 9.69 Å². The molecule has 0 saturated carbocycles. The summed E-state index contributed by atoms with van der Waals surface area (Å²) >= 11 is 0. The van der Waals surface area contributed by atoms with E-state index in [0.29, 0.717) is 41.5 Å². The number of methoxy groups -OCH3 is 2. The lowest BCUT2D eigenvalue weighted by atomic mass is 10.0. The molecule has 10 nitrogen and oxygen atoms in total. The molecule has 13 heteroatoms. The number of ether oxygens (including phenoxy) is 3. The number of carbonyl (C=O) groups excluding carboxylic acids is 2. The molecule has 1 aliphatic heterocycles. The Hall–Kier alpha value is -5.27. The zero-order valence-corrected chi connectivity index (χ0v) is 28.6. The second-order valence-corrected chi connectivity index (χ2v) is 11.9. The molecule has 1 aliphatic rings. The first-order valence-corrected chi connectivity index (χ1v) is 15.9. The van der Waals surface area contributed by atoms with Crippen molar-refractivity contribution in [3.05, 3.63) is 101 Å². The van der Waals surface area contributed by atoms with Crippen LogP contribution in [0.1, 0.15) is 27.0 Å². The zero-order valence-electron chi connectivity index (χ0n) is 28.6. The maximum absolute atomic E-state index is 14.2. The number of anilines is 4. The first-order chi connectivity index (χ1) is 23.9. The first kappa shape index (κ1) is 36.0. The second kappa shape index (κ2) is 15.5. The summed E-state index contributed by atoms with van der Waals surface area (Å²) in [5, 5.41) is 5.63. The fourth-order valence-corrected chi connectivity index (χ4v) is 5.61. The second-order valence-electron chi connectivity index (χ2n) is 11.9. The third-order valence-electron chi connectivity index (χ3n) is 8.51. The smallest absolute Gasteiger partial charge is 0.424 e. The van der Waals surface area contributed by atoms with Gasteiger partial charge in [0.05, 0.1) is 31.2 Å². The number of aryl methyl sites for hydroxylation is 1. The molecule has 1 fully saturated rings. The maximum Gasteiger partial charge on any atom is 0.424 e. The van der Waals surface area contributed by atoms with E-state index < -0.39 is 23.7 Å². The summed E-state index contributed by atoms with van der Waals surface area (Å²) in [6, 6.07) is 20.4. The summed E-state index contributed by atoms with van der Waals surface area (Å²) in [5.41, 5.74) is 1.54. The van der Waals surface area contributed by atoms with Crippen LogP contribution < -0.4 is 29.7 Å². The van der Waals surface area contributed by atoms with E-state index in [4.69, 9.17) is 14.2 Å². The van der Waals surface area contributed by atoms with E-state index in [0.717, 1.165) is 24.8 Å². The van der Waals surface area contributed by atoms with Gasteiger partial charge < -0.3 is 29.7 Å². The fraction of sp³-hybridized carbons (Fsp3) is 0.297. The lowest BCUT2D eigenvalue weighted by molar-refractivity contribution is -0.138. The number of hydrogen-bond donors (Lipinski definition) is 2. The van der Waals surface area contributed by atoms with Gasteiger partial charge in [-0.15, -0.1) is 0 Å². The highest BCUT2D eigenvalue weighted by Crippen LogP contribution is 2.39. The minimum absolute atomic E-state index is 0.00855. The van der Waals surface area contributed by atoms with Crippen LogP contribution in [-0.2, 0) is 12.7 Å². The lowest BCUT2D eigenvalue weighted by Crippen LogP contribution is -2.44. The molecule has 5 rings (SSSR count). The minimum atomic E-state index is -4.61. The van der Waals surface area contributed by atoms with E-state index in [1.165, 1.54) is 43.4 Å². The van der Waals surface area contributed by atoms with Crippen LogP contribution in [-0.4, -0.2) is 76.3 Å². The molecule has 2 N–H and O–H groups in total. The van der Waals surface area contributed by atoms with Gasteiger partial charge in [0.25, 0.3) is 5.91 Å². The number of alkyl halides is 3. The van der Waals surface area contributed by atoms with Crippen LogP contribution in [0.4, 0.5) is 40.7 Å². The van der Waals surface area contributed by atoms with Crippen molar-refractivity contribution in [3.63, 3.8) is 0 Å². The molecule has 4 aromatic carbocycles.